The van der Waals surface area contributed by atoms with Crippen LogP contribution in [-0.4, -0.2) is 11.1 Å². The largest absolute Gasteiger partial charge is 0.481 e. The lowest BCUT2D eigenvalue weighted by Crippen LogP contribution is -2.00. The molecule has 110 valence electrons. The van der Waals surface area contributed by atoms with Gasteiger partial charge in [-0.25, -0.2) is 0 Å². The third-order valence-corrected chi connectivity index (χ3v) is 3.39. The molecule has 0 atom stereocenters. The maximum Gasteiger partial charge on any atom is 0.303 e. The minimum Gasteiger partial charge on any atom is -0.481 e. The van der Waals surface area contributed by atoms with Gasteiger partial charge in [-0.15, -0.1) is 0 Å². The van der Waals surface area contributed by atoms with Crippen molar-refractivity contribution in [3.63, 3.8) is 0 Å². The van der Waals surface area contributed by atoms with Gasteiger partial charge in [-0.05, 0) is 60.7 Å². The molecule has 0 aromatic heterocycles. The second kappa shape index (κ2) is 6.93. The van der Waals surface area contributed by atoms with Crippen LogP contribution in [0.3, 0.4) is 0 Å². The lowest BCUT2D eigenvalue weighted by atomic mass is 10.0. The molecule has 21 heavy (non-hydrogen) atoms. The molecule has 2 aromatic rings. The van der Waals surface area contributed by atoms with E-state index in [0.29, 0.717) is 6.42 Å². The molecule has 0 saturated carbocycles. The summed E-state index contributed by atoms with van der Waals surface area (Å²) >= 11 is 0. The van der Waals surface area contributed by atoms with Gasteiger partial charge >= 0.3 is 5.97 Å². The van der Waals surface area contributed by atoms with Gasteiger partial charge in [-0.1, -0.05) is 25.1 Å². The standard InChI is InChI=1S/C18H20O3/c1-3-14-12-17(9-7-15(14)8-10-18(19)20)21-16-6-4-5-13(2)11-16/h4-7,9,11-12H,3,8,10H2,1-2H3,(H,19,20). The first-order valence-corrected chi connectivity index (χ1v) is 7.16. The zero-order valence-electron chi connectivity index (χ0n) is 12.4. The Bertz CT molecular complexity index is 632. The Kier molecular flexibility index (Phi) is 4.99. The Morgan fingerprint density at radius 2 is 1.86 bits per heavy atom. The smallest absolute Gasteiger partial charge is 0.303 e. The molecule has 1 N–H and O–H groups in total. The van der Waals surface area contributed by atoms with E-state index in [0.717, 1.165) is 34.6 Å². The highest BCUT2D eigenvalue weighted by Gasteiger charge is 2.06. The maximum atomic E-state index is 10.7. The number of carbonyl (C=O) groups is 1. The molecular formula is C18H20O3. The summed E-state index contributed by atoms with van der Waals surface area (Å²) < 4.78 is 5.87. The van der Waals surface area contributed by atoms with E-state index in [1.54, 1.807) is 0 Å². The van der Waals surface area contributed by atoms with E-state index >= 15 is 0 Å². The normalized spacial score (nSPS) is 10.4. The van der Waals surface area contributed by atoms with Crippen LogP contribution in [-0.2, 0) is 17.6 Å². The topological polar surface area (TPSA) is 46.5 Å². The van der Waals surface area contributed by atoms with Crippen molar-refractivity contribution < 1.29 is 14.6 Å². The summed E-state index contributed by atoms with van der Waals surface area (Å²) in [4.78, 5) is 10.7. The maximum absolute atomic E-state index is 10.7. The van der Waals surface area contributed by atoms with Crippen LogP contribution in [0.1, 0.15) is 30.0 Å². The summed E-state index contributed by atoms with van der Waals surface area (Å²) in [6.07, 6.45) is 1.58. The van der Waals surface area contributed by atoms with Crippen molar-refractivity contribution in [3.8, 4) is 11.5 Å². The van der Waals surface area contributed by atoms with Crippen LogP contribution in [0.25, 0.3) is 0 Å². The average Bonchev–Trinajstić information content (AvgIpc) is 2.45. The predicted octanol–water partition coefficient (Wildman–Crippen LogP) is 4.37. The molecule has 3 nitrogen and oxygen atoms in total. The molecule has 0 aliphatic rings. The molecule has 0 heterocycles. The van der Waals surface area contributed by atoms with E-state index in [-0.39, 0.29) is 6.42 Å². The Balaban J connectivity index is 2.16. The van der Waals surface area contributed by atoms with Crippen LogP contribution < -0.4 is 4.74 Å². The van der Waals surface area contributed by atoms with E-state index in [1.807, 2.05) is 49.4 Å². The van der Waals surface area contributed by atoms with Crippen molar-refractivity contribution in [2.75, 3.05) is 0 Å². The van der Waals surface area contributed by atoms with E-state index in [9.17, 15) is 4.79 Å². The van der Waals surface area contributed by atoms with Gasteiger partial charge in [0.05, 0.1) is 0 Å². The summed E-state index contributed by atoms with van der Waals surface area (Å²) in [5.74, 6) is 0.837. The number of hydrogen-bond acceptors (Lipinski definition) is 2. The summed E-state index contributed by atoms with van der Waals surface area (Å²) in [7, 11) is 0. The summed E-state index contributed by atoms with van der Waals surface area (Å²) in [6, 6.07) is 13.8. The van der Waals surface area contributed by atoms with Gasteiger partial charge in [-0.2, -0.15) is 0 Å². The van der Waals surface area contributed by atoms with E-state index in [4.69, 9.17) is 9.84 Å². The molecule has 2 rings (SSSR count). The molecule has 0 amide bonds. The van der Waals surface area contributed by atoms with Crippen LogP contribution in [0.2, 0.25) is 0 Å². The Morgan fingerprint density at radius 3 is 2.52 bits per heavy atom. The summed E-state index contributed by atoms with van der Waals surface area (Å²) in [5.41, 5.74) is 3.37. The van der Waals surface area contributed by atoms with Crippen LogP contribution >= 0.6 is 0 Å². The fourth-order valence-electron chi connectivity index (χ4n) is 2.30. The molecule has 0 saturated heterocycles. The third-order valence-electron chi connectivity index (χ3n) is 3.39. The third kappa shape index (κ3) is 4.35. The Morgan fingerprint density at radius 1 is 1.10 bits per heavy atom. The van der Waals surface area contributed by atoms with Gasteiger partial charge in [0.25, 0.3) is 0 Å². The molecule has 0 spiro atoms. The molecule has 0 bridgehead atoms. The van der Waals surface area contributed by atoms with Gasteiger partial charge in [0, 0.05) is 6.42 Å². The number of aliphatic carboxylic acids is 1. The second-order valence-corrected chi connectivity index (χ2v) is 5.10. The molecule has 0 unspecified atom stereocenters. The zero-order valence-corrected chi connectivity index (χ0v) is 12.4. The average molecular weight is 284 g/mol. The van der Waals surface area contributed by atoms with Gasteiger partial charge in [0.1, 0.15) is 11.5 Å². The number of benzene rings is 2. The van der Waals surface area contributed by atoms with Crippen molar-refractivity contribution >= 4 is 5.97 Å². The molecular weight excluding hydrogens is 264 g/mol. The minimum absolute atomic E-state index is 0.158. The fraction of sp³-hybridized carbons (Fsp3) is 0.278. The molecule has 3 heteroatoms. The highest BCUT2D eigenvalue weighted by molar-refractivity contribution is 5.67. The zero-order chi connectivity index (χ0) is 15.2. The van der Waals surface area contributed by atoms with Crippen LogP contribution in [0.4, 0.5) is 0 Å². The van der Waals surface area contributed by atoms with Crippen molar-refractivity contribution in [1.82, 2.24) is 0 Å². The number of carboxylic acids is 1. The first kappa shape index (κ1) is 15.1. The summed E-state index contributed by atoms with van der Waals surface area (Å²) in [6.45, 7) is 4.09. The highest BCUT2D eigenvalue weighted by Crippen LogP contribution is 2.25. The number of ether oxygens (including phenoxy) is 1. The number of carboxylic acid groups (broad SMARTS) is 1. The number of hydrogen-bond donors (Lipinski definition) is 1. The number of aryl methyl sites for hydroxylation is 3. The Hall–Kier alpha value is -2.29. The molecule has 0 radical (unpaired) electrons. The van der Waals surface area contributed by atoms with Crippen LogP contribution in [0, 0.1) is 6.92 Å². The lowest BCUT2D eigenvalue weighted by Gasteiger charge is -2.11. The van der Waals surface area contributed by atoms with E-state index in [2.05, 4.69) is 6.92 Å². The first-order chi connectivity index (χ1) is 10.1. The first-order valence-electron chi connectivity index (χ1n) is 7.16. The second-order valence-electron chi connectivity index (χ2n) is 5.10. The highest BCUT2D eigenvalue weighted by atomic mass is 16.5. The van der Waals surface area contributed by atoms with Crippen molar-refractivity contribution in [2.24, 2.45) is 0 Å². The molecule has 0 aliphatic heterocycles. The molecule has 0 fully saturated rings. The Labute approximate surface area is 125 Å². The van der Waals surface area contributed by atoms with Gasteiger partial charge in [0.2, 0.25) is 0 Å². The van der Waals surface area contributed by atoms with Crippen LogP contribution in [0.5, 0.6) is 11.5 Å². The van der Waals surface area contributed by atoms with Gasteiger partial charge < -0.3 is 9.84 Å². The minimum atomic E-state index is -0.767. The van der Waals surface area contributed by atoms with Crippen molar-refractivity contribution in [3.05, 3.63) is 59.2 Å². The lowest BCUT2D eigenvalue weighted by molar-refractivity contribution is -0.136. The van der Waals surface area contributed by atoms with Crippen LogP contribution in [0.15, 0.2) is 42.5 Å². The fourth-order valence-corrected chi connectivity index (χ4v) is 2.30. The summed E-state index contributed by atoms with van der Waals surface area (Å²) in [5, 5.41) is 8.79. The quantitative estimate of drug-likeness (QED) is 0.857. The van der Waals surface area contributed by atoms with Gasteiger partial charge in [0.15, 0.2) is 0 Å². The molecule has 2 aromatic carbocycles. The van der Waals surface area contributed by atoms with E-state index < -0.39 is 5.97 Å². The van der Waals surface area contributed by atoms with Crippen molar-refractivity contribution in [1.29, 1.82) is 0 Å². The monoisotopic (exact) mass is 284 g/mol. The van der Waals surface area contributed by atoms with E-state index in [1.165, 1.54) is 0 Å². The van der Waals surface area contributed by atoms with Crippen molar-refractivity contribution in [2.45, 2.75) is 33.1 Å². The predicted molar refractivity (Wildman–Crippen MR) is 83.0 cm³/mol. The number of rotatable bonds is 6. The SMILES string of the molecule is CCc1cc(Oc2cccc(C)c2)ccc1CCC(=O)O. The van der Waals surface area contributed by atoms with Gasteiger partial charge in [-0.3, -0.25) is 4.79 Å². The molecule has 0 aliphatic carbocycles.